The Morgan fingerprint density at radius 3 is 2.08 bits per heavy atom. The van der Waals surface area contributed by atoms with E-state index in [1.165, 1.54) is 19.8 Å². The van der Waals surface area contributed by atoms with Gasteiger partial charge in [0, 0.05) is 37.8 Å². The van der Waals surface area contributed by atoms with Crippen LogP contribution < -0.4 is 0 Å². The standard InChI is InChI=1S/C20H29N3O3/c1-15(24)16-3-5-17(6-4-16)19(20(25)26)23-13-11-22(12-14-23)18-7-9-21(2)10-8-18/h3-6,18-19H,7-14H2,1-2H3,(H,25,26)/t19-/m0/s1. The molecular formula is C20H29N3O3. The van der Waals surface area contributed by atoms with Crippen LogP contribution >= 0.6 is 0 Å². The fourth-order valence-electron chi connectivity index (χ4n) is 4.13. The van der Waals surface area contributed by atoms with Gasteiger partial charge in [0.25, 0.3) is 0 Å². The largest absolute Gasteiger partial charge is 0.480 e. The molecule has 2 heterocycles. The van der Waals surface area contributed by atoms with Gasteiger partial charge in [0.1, 0.15) is 6.04 Å². The van der Waals surface area contributed by atoms with E-state index in [1.807, 2.05) is 0 Å². The number of carboxylic acids is 1. The van der Waals surface area contributed by atoms with Gasteiger partial charge in [-0.2, -0.15) is 0 Å². The molecule has 1 atom stereocenters. The average Bonchev–Trinajstić information content (AvgIpc) is 2.63. The predicted molar refractivity (Wildman–Crippen MR) is 100 cm³/mol. The summed E-state index contributed by atoms with van der Waals surface area (Å²) in [5.74, 6) is -0.830. The summed E-state index contributed by atoms with van der Waals surface area (Å²) < 4.78 is 0. The number of carbonyl (C=O) groups is 2. The third-order valence-corrected chi connectivity index (χ3v) is 5.79. The summed E-state index contributed by atoms with van der Waals surface area (Å²) in [7, 11) is 2.17. The molecule has 1 N–H and O–H groups in total. The highest BCUT2D eigenvalue weighted by Crippen LogP contribution is 2.25. The van der Waals surface area contributed by atoms with Crippen molar-refractivity contribution in [2.75, 3.05) is 46.3 Å². The van der Waals surface area contributed by atoms with Crippen LogP contribution in [0.25, 0.3) is 0 Å². The number of piperidine rings is 1. The Hall–Kier alpha value is -1.76. The first-order valence-electron chi connectivity index (χ1n) is 9.46. The Morgan fingerprint density at radius 2 is 1.58 bits per heavy atom. The van der Waals surface area contributed by atoms with E-state index in [0.29, 0.717) is 11.6 Å². The minimum absolute atomic E-state index is 0.00448. The summed E-state index contributed by atoms with van der Waals surface area (Å²) >= 11 is 0. The van der Waals surface area contributed by atoms with E-state index in [-0.39, 0.29) is 5.78 Å². The van der Waals surface area contributed by atoms with Crippen LogP contribution in [0.15, 0.2) is 24.3 Å². The number of carboxylic acid groups (broad SMARTS) is 1. The molecule has 1 aromatic carbocycles. The minimum Gasteiger partial charge on any atom is -0.480 e. The lowest BCUT2D eigenvalue weighted by Gasteiger charge is -2.43. The number of hydrogen-bond acceptors (Lipinski definition) is 5. The molecule has 0 radical (unpaired) electrons. The van der Waals surface area contributed by atoms with Gasteiger partial charge in [-0.3, -0.25) is 19.4 Å². The number of hydrogen-bond donors (Lipinski definition) is 1. The highest BCUT2D eigenvalue weighted by Gasteiger charge is 2.32. The Balaban J connectivity index is 1.63. The van der Waals surface area contributed by atoms with Gasteiger partial charge in [0.05, 0.1) is 0 Å². The fraction of sp³-hybridized carbons (Fsp3) is 0.600. The molecule has 3 rings (SSSR count). The molecule has 142 valence electrons. The van der Waals surface area contributed by atoms with E-state index >= 15 is 0 Å². The number of ketones is 1. The molecule has 0 amide bonds. The zero-order chi connectivity index (χ0) is 18.7. The lowest BCUT2D eigenvalue weighted by atomic mass is 10.00. The molecule has 26 heavy (non-hydrogen) atoms. The molecule has 0 spiro atoms. The number of nitrogens with zero attached hydrogens (tertiary/aromatic N) is 3. The normalized spacial score (nSPS) is 22.2. The second kappa shape index (κ2) is 8.29. The molecule has 0 aromatic heterocycles. The second-order valence-electron chi connectivity index (χ2n) is 7.53. The Bertz CT molecular complexity index is 630. The highest BCUT2D eigenvalue weighted by atomic mass is 16.4. The number of Topliss-reactive ketones (excluding diaryl/α,β-unsaturated/α-hetero) is 1. The van der Waals surface area contributed by atoms with Crippen LogP contribution in [-0.4, -0.2) is 83.9 Å². The van der Waals surface area contributed by atoms with E-state index in [0.717, 1.165) is 44.8 Å². The van der Waals surface area contributed by atoms with E-state index in [4.69, 9.17) is 0 Å². The van der Waals surface area contributed by atoms with Gasteiger partial charge in [-0.05, 0) is 45.5 Å². The first-order valence-corrected chi connectivity index (χ1v) is 9.46. The molecule has 2 saturated heterocycles. The van der Waals surface area contributed by atoms with Crippen LogP contribution in [0.3, 0.4) is 0 Å². The number of aliphatic carboxylic acids is 1. The fourth-order valence-corrected chi connectivity index (χ4v) is 4.13. The van der Waals surface area contributed by atoms with E-state index < -0.39 is 12.0 Å². The Kier molecular flexibility index (Phi) is 6.06. The number of piperazine rings is 1. The van der Waals surface area contributed by atoms with Crippen molar-refractivity contribution in [3.05, 3.63) is 35.4 Å². The van der Waals surface area contributed by atoms with E-state index in [9.17, 15) is 14.7 Å². The van der Waals surface area contributed by atoms with Gasteiger partial charge >= 0.3 is 5.97 Å². The number of rotatable bonds is 5. The highest BCUT2D eigenvalue weighted by molar-refractivity contribution is 5.94. The number of carbonyl (C=O) groups excluding carboxylic acids is 1. The molecule has 0 aliphatic carbocycles. The van der Waals surface area contributed by atoms with E-state index in [2.05, 4.69) is 21.7 Å². The molecule has 0 bridgehead atoms. The average molecular weight is 359 g/mol. The monoisotopic (exact) mass is 359 g/mol. The summed E-state index contributed by atoms with van der Waals surface area (Å²) in [6, 6.07) is 6.99. The zero-order valence-electron chi connectivity index (χ0n) is 15.7. The maximum atomic E-state index is 11.9. The topological polar surface area (TPSA) is 64.1 Å². The summed E-state index contributed by atoms with van der Waals surface area (Å²) in [6.07, 6.45) is 2.40. The summed E-state index contributed by atoms with van der Waals surface area (Å²) in [5.41, 5.74) is 1.36. The molecule has 6 nitrogen and oxygen atoms in total. The number of benzene rings is 1. The molecule has 2 fully saturated rings. The smallest absolute Gasteiger partial charge is 0.325 e. The van der Waals surface area contributed by atoms with Gasteiger partial charge in [-0.15, -0.1) is 0 Å². The van der Waals surface area contributed by atoms with Crippen molar-refractivity contribution in [2.24, 2.45) is 0 Å². The van der Waals surface area contributed by atoms with Gasteiger partial charge in [-0.1, -0.05) is 24.3 Å². The summed E-state index contributed by atoms with van der Waals surface area (Å²) in [5, 5.41) is 9.77. The molecule has 2 aliphatic rings. The first kappa shape index (κ1) is 19.0. The first-order chi connectivity index (χ1) is 12.5. The maximum absolute atomic E-state index is 11.9. The van der Waals surface area contributed by atoms with E-state index in [1.54, 1.807) is 24.3 Å². The Morgan fingerprint density at radius 1 is 1.00 bits per heavy atom. The summed E-state index contributed by atoms with van der Waals surface area (Å²) in [6.45, 7) is 7.17. The van der Waals surface area contributed by atoms with Crippen LogP contribution in [0, 0.1) is 0 Å². The quantitative estimate of drug-likeness (QED) is 0.808. The van der Waals surface area contributed by atoms with Crippen LogP contribution in [0.1, 0.15) is 41.7 Å². The van der Waals surface area contributed by atoms with Gasteiger partial charge in [0.15, 0.2) is 5.78 Å². The van der Waals surface area contributed by atoms with Crippen LogP contribution in [0.4, 0.5) is 0 Å². The predicted octanol–water partition coefficient (Wildman–Crippen LogP) is 1.73. The van der Waals surface area contributed by atoms with Crippen molar-refractivity contribution in [1.29, 1.82) is 0 Å². The zero-order valence-corrected chi connectivity index (χ0v) is 15.7. The molecule has 0 unspecified atom stereocenters. The van der Waals surface area contributed by atoms with Gasteiger partial charge in [-0.25, -0.2) is 0 Å². The molecule has 1 aromatic rings. The van der Waals surface area contributed by atoms with Crippen molar-refractivity contribution in [2.45, 2.75) is 31.8 Å². The van der Waals surface area contributed by atoms with Crippen molar-refractivity contribution >= 4 is 11.8 Å². The third-order valence-electron chi connectivity index (χ3n) is 5.79. The molecular weight excluding hydrogens is 330 g/mol. The SMILES string of the molecule is CC(=O)c1ccc([C@@H](C(=O)O)N2CCN(C3CCN(C)CC3)CC2)cc1. The Labute approximate surface area is 155 Å². The molecule has 0 saturated carbocycles. The van der Waals surface area contributed by atoms with Gasteiger partial charge in [0.2, 0.25) is 0 Å². The molecule has 2 aliphatic heterocycles. The van der Waals surface area contributed by atoms with Gasteiger partial charge < -0.3 is 10.0 Å². The minimum atomic E-state index is -0.826. The van der Waals surface area contributed by atoms with Crippen molar-refractivity contribution in [1.82, 2.24) is 14.7 Å². The lowest BCUT2D eigenvalue weighted by molar-refractivity contribution is -0.144. The van der Waals surface area contributed by atoms with Crippen molar-refractivity contribution in [3.63, 3.8) is 0 Å². The second-order valence-corrected chi connectivity index (χ2v) is 7.53. The van der Waals surface area contributed by atoms with Crippen LogP contribution in [-0.2, 0) is 4.79 Å². The van der Waals surface area contributed by atoms with Crippen molar-refractivity contribution in [3.8, 4) is 0 Å². The maximum Gasteiger partial charge on any atom is 0.325 e. The summed E-state index contributed by atoms with van der Waals surface area (Å²) in [4.78, 5) is 30.3. The number of likely N-dealkylation sites (tertiary alicyclic amines) is 1. The lowest BCUT2D eigenvalue weighted by Crippen LogP contribution is -2.54. The van der Waals surface area contributed by atoms with Crippen molar-refractivity contribution < 1.29 is 14.7 Å². The molecule has 6 heteroatoms. The van der Waals surface area contributed by atoms with Crippen LogP contribution in [0.2, 0.25) is 0 Å². The third kappa shape index (κ3) is 4.31. The van der Waals surface area contributed by atoms with Crippen LogP contribution in [0.5, 0.6) is 0 Å².